The van der Waals surface area contributed by atoms with Crippen molar-refractivity contribution in [2.45, 2.75) is 31.8 Å². The van der Waals surface area contributed by atoms with Gasteiger partial charge in [-0.1, -0.05) is 23.2 Å². The number of hydrogen-bond donors (Lipinski definition) is 2. The lowest BCUT2D eigenvalue weighted by Crippen LogP contribution is -2.51. The Bertz CT molecular complexity index is 519. The first kappa shape index (κ1) is 14.3. The molecule has 2 N–H and O–H groups in total. The summed E-state index contributed by atoms with van der Waals surface area (Å²) < 4.78 is 0. The maximum atomic E-state index is 11.7. The second-order valence-corrected chi connectivity index (χ2v) is 5.40. The average molecular weight is 301 g/mol. The molecule has 0 radical (unpaired) electrons. The lowest BCUT2D eigenvalue weighted by molar-refractivity contribution is -0.134. The minimum absolute atomic E-state index is 0.129. The normalized spacial score (nSPS) is 21.1. The number of rotatable bonds is 3. The molecular weight excluding hydrogens is 287 g/mol. The zero-order valence-corrected chi connectivity index (χ0v) is 11.9. The molecule has 1 aromatic rings. The summed E-state index contributed by atoms with van der Waals surface area (Å²) >= 11 is 12.1. The van der Waals surface area contributed by atoms with Gasteiger partial charge in [0.1, 0.15) is 0 Å². The Labute approximate surface area is 121 Å². The van der Waals surface area contributed by atoms with E-state index in [9.17, 15) is 9.59 Å². The van der Waals surface area contributed by atoms with Crippen LogP contribution < -0.4 is 10.6 Å². The molecule has 1 aliphatic heterocycles. The molecule has 19 heavy (non-hydrogen) atoms. The number of hydrogen-bond acceptors (Lipinski definition) is 3. The Hall–Kier alpha value is -1.10. The number of halogens is 2. The van der Waals surface area contributed by atoms with Gasteiger partial charge >= 0.3 is 0 Å². The molecule has 1 aliphatic rings. The van der Waals surface area contributed by atoms with E-state index in [2.05, 4.69) is 10.6 Å². The van der Waals surface area contributed by atoms with Crippen LogP contribution in [0.2, 0.25) is 10.0 Å². The van der Waals surface area contributed by atoms with Crippen molar-refractivity contribution in [3.63, 3.8) is 0 Å². The van der Waals surface area contributed by atoms with Gasteiger partial charge in [-0.3, -0.25) is 20.2 Å². The largest absolute Gasteiger partial charge is 0.299 e. The van der Waals surface area contributed by atoms with Crippen molar-refractivity contribution in [2.24, 2.45) is 0 Å². The van der Waals surface area contributed by atoms with Gasteiger partial charge in [0, 0.05) is 22.5 Å². The van der Waals surface area contributed by atoms with Crippen molar-refractivity contribution >= 4 is 35.0 Å². The lowest BCUT2D eigenvalue weighted by Gasteiger charge is -2.26. The van der Waals surface area contributed by atoms with Crippen molar-refractivity contribution in [3.05, 3.63) is 33.8 Å². The molecule has 0 aliphatic carbocycles. The number of piperidine rings is 1. The first-order chi connectivity index (χ1) is 8.97. The predicted octanol–water partition coefficient (Wildman–Crippen LogP) is 2.45. The molecular formula is C13H14Cl2N2O2. The van der Waals surface area contributed by atoms with Gasteiger partial charge in [0.25, 0.3) is 0 Å². The topological polar surface area (TPSA) is 58.2 Å². The second kappa shape index (κ2) is 5.90. The Morgan fingerprint density at radius 1 is 1.37 bits per heavy atom. The van der Waals surface area contributed by atoms with E-state index < -0.39 is 0 Å². The summed E-state index contributed by atoms with van der Waals surface area (Å²) in [6.45, 7) is 1.90. The highest BCUT2D eigenvalue weighted by molar-refractivity contribution is 6.33. The van der Waals surface area contributed by atoms with E-state index in [4.69, 9.17) is 23.2 Å². The number of imide groups is 1. The van der Waals surface area contributed by atoms with E-state index in [1.165, 1.54) is 0 Å². The fraction of sp³-hybridized carbons (Fsp3) is 0.385. The molecule has 4 nitrogen and oxygen atoms in total. The highest BCUT2D eigenvalue weighted by Gasteiger charge is 2.28. The molecule has 102 valence electrons. The van der Waals surface area contributed by atoms with Crippen molar-refractivity contribution < 1.29 is 9.59 Å². The maximum Gasteiger partial charge on any atom is 0.243 e. The Kier molecular flexibility index (Phi) is 4.45. The molecule has 0 saturated carbocycles. The molecule has 1 aromatic carbocycles. The van der Waals surface area contributed by atoms with Crippen molar-refractivity contribution in [1.29, 1.82) is 0 Å². The van der Waals surface area contributed by atoms with Crippen LogP contribution in [-0.2, 0) is 9.59 Å². The minimum Gasteiger partial charge on any atom is -0.299 e. The van der Waals surface area contributed by atoms with Crippen LogP contribution >= 0.6 is 23.2 Å². The van der Waals surface area contributed by atoms with Crippen LogP contribution in [0.4, 0.5) is 0 Å². The molecule has 2 atom stereocenters. The van der Waals surface area contributed by atoms with Gasteiger partial charge in [0.15, 0.2) is 0 Å². The molecule has 2 unspecified atom stereocenters. The SMILES string of the molecule is CC(NC1CCC(=O)NC1=O)c1cc(Cl)ccc1Cl. The van der Waals surface area contributed by atoms with Crippen LogP contribution in [0.25, 0.3) is 0 Å². The molecule has 0 bridgehead atoms. The fourth-order valence-electron chi connectivity index (χ4n) is 2.09. The van der Waals surface area contributed by atoms with Crippen molar-refractivity contribution in [3.8, 4) is 0 Å². The van der Waals surface area contributed by atoms with E-state index in [-0.39, 0.29) is 23.9 Å². The third kappa shape index (κ3) is 3.47. The monoisotopic (exact) mass is 300 g/mol. The number of benzene rings is 1. The van der Waals surface area contributed by atoms with Gasteiger partial charge in [0.2, 0.25) is 11.8 Å². The third-order valence-corrected chi connectivity index (χ3v) is 3.69. The number of carbonyl (C=O) groups excluding carboxylic acids is 2. The summed E-state index contributed by atoms with van der Waals surface area (Å²) in [5, 5.41) is 6.67. The van der Waals surface area contributed by atoms with E-state index in [1.54, 1.807) is 18.2 Å². The standard InChI is InChI=1S/C13H14Cl2N2O2/c1-7(9-6-8(14)2-3-10(9)15)16-11-4-5-12(18)17-13(11)19/h2-3,6-7,11,16H,4-5H2,1H3,(H,17,18,19). The highest BCUT2D eigenvalue weighted by Crippen LogP contribution is 2.26. The van der Waals surface area contributed by atoms with Gasteiger partial charge in [-0.05, 0) is 37.1 Å². The van der Waals surface area contributed by atoms with Crippen LogP contribution in [0, 0.1) is 0 Å². The van der Waals surface area contributed by atoms with Crippen LogP contribution in [0.3, 0.4) is 0 Å². The van der Waals surface area contributed by atoms with E-state index in [1.807, 2.05) is 6.92 Å². The number of amides is 2. The minimum atomic E-state index is -0.386. The van der Waals surface area contributed by atoms with Gasteiger partial charge in [-0.15, -0.1) is 0 Å². The average Bonchev–Trinajstić information content (AvgIpc) is 2.35. The summed E-state index contributed by atoms with van der Waals surface area (Å²) in [6, 6.07) is 4.69. The zero-order chi connectivity index (χ0) is 14.0. The van der Waals surface area contributed by atoms with E-state index in [0.717, 1.165) is 5.56 Å². The molecule has 0 spiro atoms. The Balaban J connectivity index is 2.08. The summed E-state index contributed by atoms with van der Waals surface area (Å²) in [5.74, 6) is -0.516. The highest BCUT2D eigenvalue weighted by atomic mass is 35.5. The van der Waals surface area contributed by atoms with Crippen LogP contribution in [0.5, 0.6) is 0 Å². The molecule has 1 heterocycles. The molecule has 0 aromatic heterocycles. The quantitative estimate of drug-likeness (QED) is 0.843. The van der Waals surface area contributed by atoms with Gasteiger partial charge in [0.05, 0.1) is 6.04 Å². The third-order valence-electron chi connectivity index (χ3n) is 3.11. The summed E-state index contributed by atoms with van der Waals surface area (Å²) in [5.41, 5.74) is 0.832. The molecule has 1 fully saturated rings. The smallest absolute Gasteiger partial charge is 0.243 e. The maximum absolute atomic E-state index is 11.7. The first-order valence-electron chi connectivity index (χ1n) is 6.02. The summed E-state index contributed by atoms with van der Waals surface area (Å²) in [6.07, 6.45) is 0.840. The van der Waals surface area contributed by atoms with Crippen LogP contribution in [0.1, 0.15) is 31.4 Å². The summed E-state index contributed by atoms with van der Waals surface area (Å²) in [4.78, 5) is 22.7. The Morgan fingerprint density at radius 3 is 2.79 bits per heavy atom. The fourth-order valence-corrected chi connectivity index (χ4v) is 2.55. The van der Waals surface area contributed by atoms with Gasteiger partial charge in [-0.25, -0.2) is 0 Å². The molecule has 1 saturated heterocycles. The second-order valence-electron chi connectivity index (χ2n) is 4.56. The first-order valence-corrected chi connectivity index (χ1v) is 6.77. The van der Waals surface area contributed by atoms with Crippen LogP contribution in [-0.4, -0.2) is 17.9 Å². The van der Waals surface area contributed by atoms with E-state index in [0.29, 0.717) is 22.9 Å². The predicted molar refractivity (Wildman–Crippen MR) is 74.2 cm³/mol. The van der Waals surface area contributed by atoms with Gasteiger partial charge in [-0.2, -0.15) is 0 Å². The number of nitrogens with one attached hydrogen (secondary N) is 2. The van der Waals surface area contributed by atoms with Crippen LogP contribution in [0.15, 0.2) is 18.2 Å². The zero-order valence-electron chi connectivity index (χ0n) is 10.4. The van der Waals surface area contributed by atoms with Gasteiger partial charge < -0.3 is 0 Å². The molecule has 2 rings (SSSR count). The van der Waals surface area contributed by atoms with Crippen molar-refractivity contribution in [1.82, 2.24) is 10.6 Å². The van der Waals surface area contributed by atoms with Crippen molar-refractivity contribution in [2.75, 3.05) is 0 Å². The number of carbonyl (C=O) groups is 2. The Morgan fingerprint density at radius 2 is 2.11 bits per heavy atom. The molecule has 2 amide bonds. The van der Waals surface area contributed by atoms with E-state index >= 15 is 0 Å². The summed E-state index contributed by atoms with van der Waals surface area (Å²) in [7, 11) is 0. The molecule has 6 heteroatoms. The lowest BCUT2D eigenvalue weighted by atomic mass is 10.0.